The third-order valence-corrected chi connectivity index (χ3v) is 6.03. The molecule has 1 heterocycles. The fourth-order valence-electron chi connectivity index (χ4n) is 3.45. The van der Waals surface area contributed by atoms with Crippen molar-refractivity contribution in [1.29, 1.82) is 0 Å². The van der Waals surface area contributed by atoms with Gasteiger partial charge in [0.25, 0.3) is 0 Å². The Labute approximate surface area is 211 Å². The van der Waals surface area contributed by atoms with Crippen LogP contribution in [0.25, 0.3) is 10.9 Å². The van der Waals surface area contributed by atoms with Gasteiger partial charge in [0.1, 0.15) is 18.1 Å². The third kappa shape index (κ3) is 8.27. The van der Waals surface area contributed by atoms with E-state index in [1.807, 2.05) is 24.3 Å². The number of thioether (sulfide) groups is 1. The molecule has 0 aliphatic rings. The lowest BCUT2D eigenvalue weighted by Crippen LogP contribution is -2.57. The quantitative estimate of drug-likeness (QED) is 0.176. The van der Waals surface area contributed by atoms with Crippen LogP contribution in [0.1, 0.15) is 25.3 Å². The molecule has 0 fully saturated rings. The van der Waals surface area contributed by atoms with Crippen molar-refractivity contribution >= 4 is 52.3 Å². The van der Waals surface area contributed by atoms with Gasteiger partial charge in [-0.15, -0.1) is 0 Å². The molecule has 0 saturated carbocycles. The van der Waals surface area contributed by atoms with Crippen molar-refractivity contribution in [3.05, 3.63) is 36.0 Å². The van der Waals surface area contributed by atoms with Gasteiger partial charge in [0.05, 0.1) is 12.5 Å². The number of amides is 3. The Bertz CT molecular complexity index is 1100. The summed E-state index contributed by atoms with van der Waals surface area (Å²) in [5.74, 6) is -4.59. The van der Waals surface area contributed by atoms with Crippen molar-refractivity contribution in [2.75, 3.05) is 12.0 Å². The number of nitrogens with one attached hydrogen (secondary N) is 4. The molecule has 196 valence electrons. The maximum Gasteiger partial charge on any atom is 0.326 e. The maximum absolute atomic E-state index is 13.2. The fourth-order valence-corrected chi connectivity index (χ4v) is 3.93. The molecule has 8 N–H and O–H groups in total. The number of carboxylic acid groups (broad SMARTS) is 2. The van der Waals surface area contributed by atoms with E-state index in [1.54, 1.807) is 12.5 Å². The highest BCUT2D eigenvalue weighted by molar-refractivity contribution is 7.98. The molecular formula is C23H31N5O7S. The lowest BCUT2D eigenvalue weighted by atomic mass is 10.0. The number of hydrogen-bond donors (Lipinski definition) is 7. The van der Waals surface area contributed by atoms with Crippen LogP contribution in [0.5, 0.6) is 0 Å². The molecule has 13 heteroatoms. The molecule has 1 aromatic heterocycles. The van der Waals surface area contributed by atoms with Crippen molar-refractivity contribution in [3.63, 3.8) is 0 Å². The van der Waals surface area contributed by atoms with E-state index in [0.717, 1.165) is 10.9 Å². The Balaban J connectivity index is 2.26. The largest absolute Gasteiger partial charge is 0.481 e. The van der Waals surface area contributed by atoms with Gasteiger partial charge in [0.15, 0.2) is 0 Å². The highest BCUT2D eigenvalue weighted by atomic mass is 32.2. The van der Waals surface area contributed by atoms with E-state index in [1.165, 1.54) is 18.7 Å². The number of carbonyl (C=O) groups is 5. The zero-order valence-corrected chi connectivity index (χ0v) is 20.8. The van der Waals surface area contributed by atoms with E-state index in [4.69, 9.17) is 5.73 Å². The predicted octanol–water partition coefficient (Wildman–Crippen LogP) is -0.176. The molecule has 0 aliphatic heterocycles. The number of aliphatic carboxylic acids is 2. The van der Waals surface area contributed by atoms with Crippen LogP contribution in [-0.4, -0.2) is 81.0 Å². The number of para-hydroxylation sites is 1. The molecule has 0 spiro atoms. The zero-order valence-electron chi connectivity index (χ0n) is 19.9. The van der Waals surface area contributed by atoms with Gasteiger partial charge >= 0.3 is 11.9 Å². The van der Waals surface area contributed by atoms with Crippen molar-refractivity contribution in [2.45, 2.75) is 50.4 Å². The van der Waals surface area contributed by atoms with Gasteiger partial charge in [0.2, 0.25) is 17.7 Å². The highest BCUT2D eigenvalue weighted by Gasteiger charge is 2.31. The van der Waals surface area contributed by atoms with Gasteiger partial charge in [-0.3, -0.25) is 19.2 Å². The summed E-state index contributed by atoms with van der Waals surface area (Å²) in [5.41, 5.74) is 7.16. The first kappa shape index (κ1) is 28.7. The SMILES string of the molecule is CSCCC(NC(=O)C(CC(=O)O)NC(=O)C(Cc1c[nH]c2ccccc12)NC(=O)C(C)N)C(=O)O. The number of carboxylic acids is 2. The molecule has 0 bridgehead atoms. The number of benzene rings is 1. The van der Waals surface area contributed by atoms with Crippen LogP contribution in [0.2, 0.25) is 0 Å². The van der Waals surface area contributed by atoms with Crippen LogP contribution in [0.3, 0.4) is 0 Å². The van der Waals surface area contributed by atoms with Crippen LogP contribution in [0, 0.1) is 0 Å². The number of aromatic amines is 1. The van der Waals surface area contributed by atoms with E-state index in [2.05, 4.69) is 20.9 Å². The number of carbonyl (C=O) groups excluding carboxylic acids is 3. The van der Waals surface area contributed by atoms with Gasteiger partial charge in [0, 0.05) is 23.5 Å². The molecule has 4 unspecified atom stereocenters. The van der Waals surface area contributed by atoms with Crippen LogP contribution < -0.4 is 21.7 Å². The molecule has 0 aliphatic carbocycles. The number of H-pyrrole nitrogens is 1. The molecular weight excluding hydrogens is 490 g/mol. The Hall–Kier alpha value is -3.58. The molecule has 36 heavy (non-hydrogen) atoms. The summed E-state index contributed by atoms with van der Waals surface area (Å²) in [6.07, 6.45) is 2.82. The molecule has 2 aromatic rings. The standard InChI is InChI=1S/C23H31N5O7S/c1-12(24)20(31)27-17(9-13-11-25-15-6-4-3-5-14(13)15)21(32)28-18(10-19(29)30)22(33)26-16(23(34)35)7-8-36-2/h3-6,11-12,16-18,25H,7-10,24H2,1-2H3,(H,26,33)(H,27,31)(H,28,32)(H,29,30)(H,34,35). The second-order valence-corrected chi connectivity index (χ2v) is 9.24. The second-order valence-electron chi connectivity index (χ2n) is 8.25. The van der Waals surface area contributed by atoms with Gasteiger partial charge in [-0.2, -0.15) is 11.8 Å². The van der Waals surface area contributed by atoms with E-state index >= 15 is 0 Å². The first-order valence-electron chi connectivity index (χ1n) is 11.2. The summed E-state index contributed by atoms with van der Waals surface area (Å²) in [7, 11) is 0. The van der Waals surface area contributed by atoms with E-state index < -0.39 is 60.2 Å². The van der Waals surface area contributed by atoms with Gasteiger partial charge in [-0.05, 0) is 37.0 Å². The number of nitrogens with two attached hydrogens (primary N) is 1. The summed E-state index contributed by atoms with van der Waals surface area (Å²) in [6.45, 7) is 1.44. The number of rotatable bonds is 14. The third-order valence-electron chi connectivity index (χ3n) is 5.38. The Morgan fingerprint density at radius 1 is 0.972 bits per heavy atom. The summed E-state index contributed by atoms with van der Waals surface area (Å²) in [4.78, 5) is 64.2. The minimum atomic E-state index is -1.57. The average molecular weight is 522 g/mol. The van der Waals surface area contributed by atoms with Gasteiger partial charge < -0.3 is 36.9 Å². The number of hydrogen-bond acceptors (Lipinski definition) is 7. The fraction of sp³-hybridized carbons (Fsp3) is 0.435. The van der Waals surface area contributed by atoms with Crippen LogP contribution in [0.4, 0.5) is 0 Å². The Morgan fingerprint density at radius 3 is 2.19 bits per heavy atom. The smallest absolute Gasteiger partial charge is 0.326 e. The van der Waals surface area contributed by atoms with Crippen molar-refractivity contribution in [3.8, 4) is 0 Å². The molecule has 2 rings (SSSR count). The summed E-state index contributed by atoms with van der Waals surface area (Å²) < 4.78 is 0. The van der Waals surface area contributed by atoms with Crippen LogP contribution in [0.15, 0.2) is 30.5 Å². The molecule has 1 aromatic carbocycles. The van der Waals surface area contributed by atoms with E-state index in [9.17, 15) is 34.2 Å². The lowest BCUT2D eigenvalue weighted by molar-refractivity contribution is -0.143. The summed E-state index contributed by atoms with van der Waals surface area (Å²) >= 11 is 1.39. The van der Waals surface area contributed by atoms with Gasteiger partial charge in [-0.1, -0.05) is 18.2 Å². The van der Waals surface area contributed by atoms with E-state index in [0.29, 0.717) is 11.3 Å². The minimum absolute atomic E-state index is 0.0290. The van der Waals surface area contributed by atoms with Gasteiger partial charge in [-0.25, -0.2) is 4.79 Å². The topological polar surface area (TPSA) is 204 Å². The maximum atomic E-state index is 13.2. The normalized spacial score (nSPS) is 14.3. The number of fused-ring (bicyclic) bond motifs is 1. The first-order valence-corrected chi connectivity index (χ1v) is 12.6. The first-order chi connectivity index (χ1) is 17.0. The van der Waals surface area contributed by atoms with Crippen LogP contribution in [-0.2, 0) is 30.4 Å². The van der Waals surface area contributed by atoms with Crippen LogP contribution >= 0.6 is 11.8 Å². The van der Waals surface area contributed by atoms with Crippen molar-refractivity contribution in [1.82, 2.24) is 20.9 Å². The summed E-state index contributed by atoms with van der Waals surface area (Å²) in [5, 5.41) is 26.7. The molecule has 4 atom stereocenters. The molecule has 0 saturated heterocycles. The van der Waals surface area contributed by atoms with Crippen molar-refractivity contribution < 1.29 is 34.2 Å². The average Bonchev–Trinajstić information content (AvgIpc) is 3.22. The molecule has 12 nitrogen and oxygen atoms in total. The Kier molecular flexibility index (Phi) is 10.7. The van der Waals surface area contributed by atoms with Crippen molar-refractivity contribution in [2.24, 2.45) is 5.73 Å². The number of aromatic nitrogens is 1. The lowest BCUT2D eigenvalue weighted by Gasteiger charge is -2.24. The summed E-state index contributed by atoms with van der Waals surface area (Å²) in [6, 6.07) is 2.42. The monoisotopic (exact) mass is 521 g/mol. The molecule has 3 amide bonds. The zero-order chi connectivity index (χ0) is 26.8. The Morgan fingerprint density at radius 2 is 1.58 bits per heavy atom. The second kappa shape index (κ2) is 13.5. The highest BCUT2D eigenvalue weighted by Crippen LogP contribution is 2.19. The minimum Gasteiger partial charge on any atom is -0.481 e. The van der Waals surface area contributed by atoms with E-state index in [-0.39, 0.29) is 12.8 Å². The predicted molar refractivity (Wildman–Crippen MR) is 134 cm³/mol. The molecule has 0 radical (unpaired) electrons.